The number of hydrogen-bond donors (Lipinski definition) is 3. The zero-order valence-electron chi connectivity index (χ0n) is 13.2. The van der Waals surface area contributed by atoms with Gasteiger partial charge in [-0.25, -0.2) is 18.7 Å². The van der Waals surface area contributed by atoms with Gasteiger partial charge in [-0.15, -0.1) is 0 Å². The molecule has 1 saturated carbocycles. The molecule has 0 saturated heterocycles. The number of fused-ring (bicyclic) bond motifs is 1. The van der Waals surface area contributed by atoms with Crippen LogP contribution in [0.1, 0.15) is 24.6 Å². The molecule has 0 spiro atoms. The number of nitrogens with one attached hydrogen (secondary N) is 2. The van der Waals surface area contributed by atoms with E-state index in [0.29, 0.717) is 18.8 Å². The van der Waals surface area contributed by atoms with Gasteiger partial charge in [0.05, 0.1) is 23.3 Å². The number of rotatable bonds is 4. The minimum atomic E-state index is -0.958. The summed E-state index contributed by atoms with van der Waals surface area (Å²) in [5.74, 6) is -0.505. The molecular weight excluding hydrogens is 330 g/mol. The van der Waals surface area contributed by atoms with Crippen molar-refractivity contribution in [1.82, 2.24) is 25.1 Å². The van der Waals surface area contributed by atoms with E-state index in [-0.39, 0.29) is 22.9 Å². The van der Waals surface area contributed by atoms with E-state index < -0.39 is 17.7 Å². The number of aromatic nitrogens is 5. The van der Waals surface area contributed by atoms with Crippen molar-refractivity contribution in [3.63, 3.8) is 0 Å². The lowest BCUT2D eigenvalue weighted by Gasteiger charge is -2.15. The van der Waals surface area contributed by atoms with Crippen molar-refractivity contribution in [3.8, 4) is 0 Å². The van der Waals surface area contributed by atoms with Gasteiger partial charge in [0.2, 0.25) is 0 Å². The van der Waals surface area contributed by atoms with Gasteiger partial charge in [0.15, 0.2) is 11.6 Å². The monoisotopic (exact) mass is 346 g/mol. The SMILES string of the molecule is O[C@@H]1CC(c2ncn[nH]2)C[C@@H]1CNc1cnc2cc(F)c(F)cc2n1. The van der Waals surface area contributed by atoms with Crippen LogP contribution >= 0.6 is 0 Å². The van der Waals surface area contributed by atoms with Crippen molar-refractivity contribution in [1.29, 1.82) is 0 Å². The van der Waals surface area contributed by atoms with Crippen LogP contribution in [0.4, 0.5) is 14.6 Å². The molecule has 0 bridgehead atoms. The van der Waals surface area contributed by atoms with E-state index in [4.69, 9.17) is 0 Å². The Balaban J connectivity index is 1.44. The molecule has 4 rings (SSSR count). The topological polar surface area (TPSA) is 99.6 Å². The van der Waals surface area contributed by atoms with E-state index in [1.807, 2.05) is 0 Å². The normalized spacial score (nSPS) is 23.2. The number of nitrogens with zero attached hydrogens (tertiary/aromatic N) is 4. The summed E-state index contributed by atoms with van der Waals surface area (Å²) in [6, 6.07) is 2.04. The fourth-order valence-electron chi connectivity index (χ4n) is 3.29. The molecule has 3 N–H and O–H groups in total. The Kier molecular flexibility index (Phi) is 4.00. The summed E-state index contributed by atoms with van der Waals surface area (Å²) in [6.07, 6.45) is 3.86. The number of aromatic amines is 1. The van der Waals surface area contributed by atoms with Crippen LogP contribution < -0.4 is 5.32 Å². The van der Waals surface area contributed by atoms with Crippen molar-refractivity contribution in [3.05, 3.63) is 42.1 Å². The molecule has 9 heteroatoms. The van der Waals surface area contributed by atoms with Crippen molar-refractivity contribution >= 4 is 16.9 Å². The first kappa shape index (κ1) is 15.8. The van der Waals surface area contributed by atoms with Crippen LogP contribution in [0.15, 0.2) is 24.7 Å². The molecule has 2 heterocycles. The second kappa shape index (κ2) is 6.32. The molecule has 1 aliphatic rings. The maximum atomic E-state index is 13.3. The van der Waals surface area contributed by atoms with Crippen LogP contribution in [0.3, 0.4) is 0 Å². The van der Waals surface area contributed by atoms with Crippen LogP contribution in [0, 0.1) is 17.6 Å². The third kappa shape index (κ3) is 3.14. The Morgan fingerprint density at radius 1 is 1.16 bits per heavy atom. The predicted octanol–water partition coefficient (Wildman–Crippen LogP) is 1.99. The van der Waals surface area contributed by atoms with Crippen molar-refractivity contribution in [2.45, 2.75) is 24.9 Å². The van der Waals surface area contributed by atoms with Gasteiger partial charge in [-0.05, 0) is 12.8 Å². The molecule has 3 aromatic rings. The van der Waals surface area contributed by atoms with Gasteiger partial charge < -0.3 is 10.4 Å². The smallest absolute Gasteiger partial charge is 0.161 e. The van der Waals surface area contributed by atoms with E-state index in [1.165, 1.54) is 12.5 Å². The molecule has 2 aromatic heterocycles. The summed E-state index contributed by atoms with van der Waals surface area (Å²) >= 11 is 0. The van der Waals surface area contributed by atoms with E-state index in [2.05, 4.69) is 30.5 Å². The second-order valence-corrected chi connectivity index (χ2v) is 6.26. The Morgan fingerprint density at radius 3 is 2.72 bits per heavy atom. The molecule has 1 aliphatic carbocycles. The van der Waals surface area contributed by atoms with Crippen LogP contribution in [-0.2, 0) is 0 Å². The number of anilines is 1. The number of aliphatic hydroxyl groups is 1. The third-order valence-corrected chi connectivity index (χ3v) is 4.61. The molecule has 25 heavy (non-hydrogen) atoms. The van der Waals surface area contributed by atoms with Gasteiger partial charge in [0, 0.05) is 30.5 Å². The lowest BCUT2D eigenvalue weighted by Crippen LogP contribution is -2.22. The van der Waals surface area contributed by atoms with Crippen molar-refractivity contribution < 1.29 is 13.9 Å². The van der Waals surface area contributed by atoms with Gasteiger partial charge in [0.25, 0.3) is 0 Å². The first-order valence-corrected chi connectivity index (χ1v) is 7.99. The maximum Gasteiger partial charge on any atom is 0.161 e. The molecule has 0 aliphatic heterocycles. The van der Waals surface area contributed by atoms with Crippen LogP contribution in [0.2, 0.25) is 0 Å². The van der Waals surface area contributed by atoms with Gasteiger partial charge >= 0.3 is 0 Å². The standard InChI is InChI=1S/C16H16F2N6O/c17-10-3-12-13(4-11(10)18)23-15(6-19-12)20-5-9-1-8(2-14(9)25)16-21-7-22-24-16/h3-4,6-9,14,25H,1-2,5H2,(H,20,23)(H,21,22,24)/t8?,9-,14-/m1/s1. The third-order valence-electron chi connectivity index (χ3n) is 4.61. The molecule has 0 radical (unpaired) electrons. The average Bonchev–Trinajstić information content (AvgIpc) is 3.24. The highest BCUT2D eigenvalue weighted by atomic mass is 19.2. The molecule has 3 atom stereocenters. The predicted molar refractivity (Wildman–Crippen MR) is 85.8 cm³/mol. The first-order valence-electron chi connectivity index (χ1n) is 7.99. The summed E-state index contributed by atoms with van der Waals surface area (Å²) < 4.78 is 26.5. The fourth-order valence-corrected chi connectivity index (χ4v) is 3.29. The molecule has 130 valence electrons. The van der Waals surface area contributed by atoms with E-state index in [9.17, 15) is 13.9 Å². The minimum Gasteiger partial charge on any atom is -0.393 e. The van der Waals surface area contributed by atoms with Gasteiger partial charge in [0.1, 0.15) is 18.0 Å². The molecule has 7 nitrogen and oxygen atoms in total. The number of benzene rings is 1. The van der Waals surface area contributed by atoms with E-state index >= 15 is 0 Å². The number of hydrogen-bond acceptors (Lipinski definition) is 6. The summed E-state index contributed by atoms with van der Waals surface area (Å²) in [5, 5.41) is 20.0. The Bertz CT molecular complexity index is 888. The van der Waals surface area contributed by atoms with E-state index in [1.54, 1.807) is 0 Å². The number of H-pyrrole nitrogens is 1. The quantitative estimate of drug-likeness (QED) is 0.668. The first-order chi connectivity index (χ1) is 12.1. The largest absolute Gasteiger partial charge is 0.393 e. The zero-order valence-corrected chi connectivity index (χ0v) is 13.2. The molecule has 0 amide bonds. The fraction of sp³-hybridized carbons (Fsp3) is 0.375. The molecule has 1 aromatic carbocycles. The minimum absolute atomic E-state index is 0.0255. The lowest BCUT2D eigenvalue weighted by atomic mass is 10.0. The average molecular weight is 346 g/mol. The highest BCUT2D eigenvalue weighted by molar-refractivity contribution is 5.75. The highest BCUT2D eigenvalue weighted by Crippen LogP contribution is 2.36. The molecule has 1 unspecified atom stereocenters. The Hall–Kier alpha value is -2.68. The summed E-state index contributed by atoms with van der Waals surface area (Å²) in [5.41, 5.74) is 0.561. The van der Waals surface area contributed by atoms with Gasteiger partial charge in [-0.3, -0.25) is 10.1 Å². The lowest BCUT2D eigenvalue weighted by molar-refractivity contribution is 0.137. The van der Waals surface area contributed by atoms with E-state index in [0.717, 1.165) is 24.4 Å². The van der Waals surface area contributed by atoms with Gasteiger partial charge in [-0.1, -0.05) is 0 Å². The van der Waals surface area contributed by atoms with Crippen molar-refractivity contribution in [2.75, 3.05) is 11.9 Å². The van der Waals surface area contributed by atoms with Crippen LogP contribution in [0.25, 0.3) is 11.0 Å². The van der Waals surface area contributed by atoms with Crippen LogP contribution in [-0.4, -0.2) is 42.9 Å². The van der Waals surface area contributed by atoms with Crippen LogP contribution in [0.5, 0.6) is 0 Å². The molecule has 1 fully saturated rings. The summed E-state index contributed by atoms with van der Waals surface area (Å²) in [4.78, 5) is 12.5. The highest BCUT2D eigenvalue weighted by Gasteiger charge is 2.35. The maximum absolute atomic E-state index is 13.3. The molecular formula is C16H16F2N6O. The Labute approximate surface area is 141 Å². The summed E-state index contributed by atoms with van der Waals surface area (Å²) in [7, 11) is 0. The number of aliphatic hydroxyl groups excluding tert-OH is 1. The van der Waals surface area contributed by atoms with Crippen molar-refractivity contribution in [2.24, 2.45) is 5.92 Å². The second-order valence-electron chi connectivity index (χ2n) is 6.26. The zero-order chi connectivity index (χ0) is 17.4. The Morgan fingerprint density at radius 2 is 1.96 bits per heavy atom. The van der Waals surface area contributed by atoms with Gasteiger partial charge in [-0.2, -0.15) is 5.10 Å². The summed E-state index contributed by atoms with van der Waals surface area (Å²) in [6.45, 7) is 0.496. The number of halogens is 2.